The van der Waals surface area contributed by atoms with Crippen LogP contribution in [0.4, 0.5) is 0 Å². The second-order valence-electron chi connectivity index (χ2n) is 5.06. The average molecular weight is 244 g/mol. The number of rotatable bonds is 3. The fourth-order valence-corrected chi connectivity index (χ4v) is 2.38. The summed E-state index contributed by atoms with van der Waals surface area (Å²) in [7, 11) is 1.68. The lowest BCUT2D eigenvalue weighted by atomic mass is 9.99. The lowest BCUT2D eigenvalue weighted by Crippen LogP contribution is -1.94. The predicted molar refractivity (Wildman–Crippen MR) is 75.6 cm³/mol. The van der Waals surface area contributed by atoms with Crippen molar-refractivity contribution in [2.75, 3.05) is 13.7 Å². The summed E-state index contributed by atoms with van der Waals surface area (Å²) in [6, 6.07) is 4.16. The molecule has 0 saturated carbocycles. The number of allylic oxidation sites excluding steroid dienone is 3. The van der Waals surface area contributed by atoms with Crippen LogP contribution in [0.15, 0.2) is 24.3 Å². The Bertz CT molecular complexity index is 522. The molecule has 1 aromatic carbocycles. The fraction of sp³-hybridized carbons (Fsp3) is 0.375. The summed E-state index contributed by atoms with van der Waals surface area (Å²) < 4.78 is 5.35. The van der Waals surface area contributed by atoms with Crippen molar-refractivity contribution in [1.29, 1.82) is 0 Å². The van der Waals surface area contributed by atoms with Crippen LogP contribution >= 0.6 is 0 Å². The molecule has 0 unspecified atom stereocenters. The van der Waals surface area contributed by atoms with Gasteiger partial charge in [0.05, 0.1) is 13.7 Å². The molecule has 0 saturated heterocycles. The third kappa shape index (κ3) is 2.21. The van der Waals surface area contributed by atoms with E-state index in [1.807, 2.05) is 13.0 Å². The fourth-order valence-electron chi connectivity index (χ4n) is 2.38. The van der Waals surface area contributed by atoms with Gasteiger partial charge in [0.15, 0.2) is 0 Å². The highest BCUT2D eigenvalue weighted by molar-refractivity contribution is 5.96. The van der Waals surface area contributed by atoms with Gasteiger partial charge in [0.25, 0.3) is 0 Å². The molecule has 1 aliphatic rings. The quantitative estimate of drug-likeness (QED) is 0.882. The van der Waals surface area contributed by atoms with Crippen molar-refractivity contribution in [3.05, 3.63) is 41.0 Å². The van der Waals surface area contributed by atoms with Gasteiger partial charge in [-0.25, -0.2) is 0 Å². The van der Waals surface area contributed by atoms with E-state index in [0.717, 1.165) is 22.4 Å². The van der Waals surface area contributed by atoms with Crippen molar-refractivity contribution in [1.82, 2.24) is 0 Å². The Kier molecular flexibility index (Phi) is 3.58. The van der Waals surface area contributed by atoms with Crippen molar-refractivity contribution in [3.63, 3.8) is 0 Å². The van der Waals surface area contributed by atoms with Crippen molar-refractivity contribution < 1.29 is 9.84 Å². The Labute approximate surface area is 109 Å². The molecule has 96 valence electrons. The summed E-state index contributed by atoms with van der Waals surface area (Å²) in [4.78, 5) is 0. The Balaban J connectivity index is 2.59. The van der Waals surface area contributed by atoms with Crippen molar-refractivity contribution in [3.8, 4) is 5.75 Å². The normalized spacial score (nSPS) is 16.1. The number of aliphatic hydroxyl groups excluding tert-OH is 1. The molecule has 2 heteroatoms. The molecule has 0 aromatic heterocycles. The second kappa shape index (κ2) is 4.99. The molecule has 0 bridgehead atoms. The standard InChI is InChI=1S/C16H20O2/c1-10(2)5-12-7-13(9-17)15-8-16(18-4)11(3)6-14(12)15/h5-8,10,17H,9H2,1-4H3. The zero-order valence-electron chi connectivity index (χ0n) is 11.4. The molecular weight excluding hydrogens is 224 g/mol. The molecule has 0 amide bonds. The Morgan fingerprint density at radius 2 is 2.00 bits per heavy atom. The molecule has 0 radical (unpaired) electrons. The molecule has 1 aliphatic carbocycles. The number of hydrogen-bond donors (Lipinski definition) is 1. The van der Waals surface area contributed by atoms with Crippen LogP contribution in [0.5, 0.6) is 5.75 Å². The van der Waals surface area contributed by atoms with Gasteiger partial charge in [0.1, 0.15) is 5.75 Å². The van der Waals surface area contributed by atoms with Gasteiger partial charge >= 0.3 is 0 Å². The summed E-state index contributed by atoms with van der Waals surface area (Å²) in [5.41, 5.74) is 5.58. The smallest absolute Gasteiger partial charge is 0.122 e. The van der Waals surface area contributed by atoms with E-state index in [1.165, 1.54) is 11.1 Å². The van der Waals surface area contributed by atoms with E-state index in [-0.39, 0.29) is 6.61 Å². The highest BCUT2D eigenvalue weighted by Gasteiger charge is 2.20. The second-order valence-corrected chi connectivity index (χ2v) is 5.06. The van der Waals surface area contributed by atoms with Crippen LogP contribution in [0.1, 0.15) is 30.5 Å². The van der Waals surface area contributed by atoms with Crippen LogP contribution < -0.4 is 4.74 Å². The molecule has 0 atom stereocenters. The molecule has 2 nitrogen and oxygen atoms in total. The summed E-state index contributed by atoms with van der Waals surface area (Å²) in [6.45, 7) is 6.43. The van der Waals surface area contributed by atoms with E-state index < -0.39 is 0 Å². The van der Waals surface area contributed by atoms with Crippen molar-refractivity contribution in [2.45, 2.75) is 20.8 Å². The van der Waals surface area contributed by atoms with Crippen LogP contribution in [0, 0.1) is 12.8 Å². The van der Waals surface area contributed by atoms with E-state index in [2.05, 4.69) is 32.1 Å². The lowest BCUT2D eigenvalue weighted by Gasteiger charge is -2.10. The van der Waals surface area contributed by atoms with Gasteiger partial charge in [0, 0.05) is 0 Å². The first-order valence-electron chi connectivity index (χ1n) is 6.29. The number of ether oxygens (including phenoxy) is 1. The number of aryl methyl sites for hydroxylation is 1. The Morgan fingerprint density at radius 3 is 2.56 bits per heavy atom. The minimum Gasteiger partial charge on any atom is -0.496 e. The van der Waals surface area contributed by atoms with Gasteiger partial charge in [-0.2, -0.15) is 0 Å². The summed E-state index contributed by atoms with van der Waals surface area (Å²) in [5, 5.41) is 9.46. The molecule has 0 aliphatic heterocycles. The van der Waals surface area contributed by atoms with Crippen molar-refractivity contribution >= 4 is 11.1 Å². The molecule has 18 heavy (non-hydrogen) atoms. The summed E-state index contributed by atoms with van der Waals surface area (Å²) in [5.74, 6) is 1.36. The number of aliphatic hydroxyl groups is 1. The van der Waals surface area contributed by atoms with E-state index in [0.29, 0.717) is 5.92 Å². The monoisotopic (exact) mass is 244 g/mol. The topological polar surface area (TPSA) is 29.5 Å². The number of fused-ring (bicyclic) bond motifs is 1. The third-order valence-electron chi connectivity index (χ3n) is 3.20. The molecule has 1 N–H and O–H groups in total. The van der Waals surface area contributed by atoms with E-state index in [1.54, 1.807) is 7.11 Å². The predicted octanol–water partition coefficient (Wildman–Crippen LogP) is 3.43. The van der Waals surface area contributed by atoms with Crippen LogP contribution in [0.2, 0.25) is 0 Å². The lowest BCUT2D eigenvalue weighted by molar-refractivity contribution is 0.350. The highest BCUT2D eigenvalue weighted by Crippen LogP contribution is 2.39. The average Bonchev–Trinajstić information content (AvgIpc) is 2.65. The molecular formula is C16H20O2. The van der Waals surface area contributed by atoms with Crippen molar-refractivity contribution in [2.24, 2.45) is 5.92 Å². The summed E-state index contributed by atoms with van der Waals surface area (Å²) in [6.07, 6.45) is 4.30. The molecule has 0 fully saturated rings. The minimum absolute atomic E-state index is 0.0641. The zero-order chi connectivity index (χ0) is 13.3. The molecule has 1 aromatic rings. The van der Waals surface area contributed by atoms with Gasteiger partial charge in [0.2, 0.25) is 0 Å². The number of hydrogen-bond acceptors (Lipinski definition) is 2. The molecule has 0 spiro atoms. The van der Waals surface area contributed by atoms with E-state index in [9.17, 15) is 5.11 Å². The largest absolute Gasteiger partial charge is 0.496 e. The number of benzene rings is 1. The zero-order valence-corrected chi connectivity index (χ0v) is 11.4. The van der Waals surface area contributed by atoms with E-state index >= 15 is 0 Å². The van der Waals surface area contributed by atoms with Gasteiger partial charge in [-0.1, -0.05) is 19.9 Å². The maximum Gasteiger partial charge on any atom is 0.122 e. The van der Waals surface area contributed by atoms with Crippen LogP contribution in [-0.2, 0) is 0 Å². The maximum atomic E-state index is 9.46. The Hall–Kier alpha value is -1.54. The minimum atomic E-state index is 0.0641. The van der Waals surface area contributed by atoms with Gasteiger partial charge < -0.3 is 9.84 Å². The van der Waals surface area contributed by atoms with E-state index in [4.69, 9.17) is 4.74 Å². The number of methoxy groups -OCH3 is 1. The first kappa shape index (κ1) is 12.9. The first-order valence-corrected chi connectivity index (χ1v) is 6.29. The van der Waals surface area contributed by atoms with Gasteiger partial charge in [-0.3, -0.25) is 0 Å². The molecule has 0 heterocycles. The first-order chi connectivity index (χ1) is 8.56. The van der Waals surface area contributed by atoms with Crippen LogP contribution in [0.3, 0.4) is 0 Å². The van der Waals surface area contributed by atoms with Crippen LogP contribution in [0.25, 0.3) is 11.1 Å². The SMILES string of the molecule is COc1cc2c(cc1C)C(=CC(C)C)C=C2CO. The highest BCUT2D eigenvalue weighted by atomic mass is 16.5. The maximum absolute atomic E-state index is 9.46. The molecule has 2 rings (SSSR count). The Morgan fingerprint density at radius 1 is 1.28 bits per heavy atom. The third-order valence-corrected chi connectivity index (χ3v) is 3.20. The van der Waals surface area contributed by atoms with Gasteiger partial charge in [-0.15, -0.1) is 0 Å². The summed E-state index contributed by atoms with van der Waals surface area (Å²) >= 11 is 0. The van der Waals surface area contributed by atoms with Gasteiger partial charge in [-0.05, 0) is 58.9 Å². The van der Waals surface area contributed by atoms with Crippen LogP contribution in [-0.4, -0.2) is 18.8 Å².